The molecule has 0 fully saturated rings. The Kier molecular flexibility index (Phi) is 2.77. The van der Waals surface area contributed by atoms with Crippen LogP contribution in [0.5, 0.6) is 0 Å². The van der Waals surface area contributed by atoms with Crippen LogP contribution in [0.3, 0.4) is 0 Å². The van der Waals surface area contributed by atoms with E-state index in [1.165, 1.54) is 0 Å². The summed E-state index contributed by atoms with van der Waals surface area (Å²) in [5.41, 5.74) is 0.951. The highest BCUT2D eigenvalue weighted by atomic mass is 32.2. The lowest BCUT2D eigenvalue weighted by atomic mass is 10.4. The van der Waals surface area contributed by atoms with E-state index in [9.17, 15) is 0 Å². The maximum atomic E-state index is 4.94. The van der Waals surface area contributed by atoms with Crippen molar-refractivity contribution in [1.82, 2.24) is 10.5 Å². The molecule has 0 aliphatic rings. The molecule has 1 aromatic heterocycles. The van der Waals surface area contributed by atoms with Crippen molar-refractivity contribution in [2.45, 2.75) is 11.6 Å². The van der Waals surface area contributed by atoms with E-state index in [2.05, 4.69) is 10.5 Å². The van der Waals surface area contributed by atoms with Crippen LogP contribution in [0.1, 0.15) is 5.69 Å². The summed E-state index contributed by atoms with van der Waals surface area (Å²) in [6.07, 6.45) is 1.96. The van der Waals surface area contributed by atoms with Crippen LogP contribution in [-0.2, 0) is 6.54 Å². The zero-order chi connectivity index (χ0) is 7.40. The standard InChI is InChI=1S/C6H10N2OS/c1-7-4-5-3-6(10-2)9-8-5/h3,7H,4H2,1-2H3. The van der Waals surface area contributed by atoms with Crippen molar-refractivity contribution in [3.8, 4) is 0 Å². The first kappa shape index (κ1) is 7.63. The van der Waals surface area contributed by atoms with Gasteiger partial charge in [-0.05, 0) is 13.3 Å². The van der Waals surface area contributed by atoms with Crippen LogP contribution in [0.25, 0.3) is 0 Å². The van der Waals surface area contributed by atoms with Crippen LogP contribution in [-0.4, -0.2) is 18.5 Å². The normalized spacial score (nSPS) is 10.2. The number of aromatic nitrogens is 1. The van der Waals surface area contributed by atoms with Crippen LogP contribution >= 0.6 is 11.8 Å². The molecule has 0 radical (unpaired) electrons. The number of hydrogen-bond donors (Lipinski definition) is 1. The highest BCUT2D eigenvalue weighted by molar-refractivity contribution is 7.98. The Morgan fingerprint density at radius 2 is 2.60 bits per heavy atom. The van der Waals surface area contributed by atoms with Gasteiger partial charge >= 0.3 is 0 Å². The van der Waals surface area contributed by atoms with Gasteiger partial charge in [0.1, 0.15) is 0 Å². The molecule has 0 amide bonds. The minimum Gasteiger partial charge on any atom is -0.350 e. The van der Waals surface area contributed by atoms with Crippen molar-refractivity contribution < 1.29 is 4.52 Å². The first-order chi connectivity index (χ1) is 4.86. The van der Waals surface area contributed by atoms with Crippen LogP contribution < -0.4 is 5.32 Å². The average molecular weight is 158 g/mol. The van der Waals surface area contributed by atoms with Gasteiger partial charge in [-0.2, -0.15) is 0 Å². The Hall–Kier alpha value is -0.480. The summed E-state index contributed by atoms with van der Waals surface area (Å²) in [5, 5.41) is 7.67. The van der Waals surface area contributed by atoms with E-state index in [-0.39, 0.29) is 0 Å². The van der Waals surface area contributed by atoms with Crippen molar-refractivity contribution in [3.63, 3.8) is 0 Å². The molecule has 1 aromatic rings. The summed E-state index contributed by atoms with van der Waals surface area (Å²) in [6, 6.07) is 1.93. The molecule has 0 saturated heterocycles. The predicted molar refractivity (Wildman–Crippen MR) is 41.0 cm³/mol. The second-order valence-electron chi connectivity index (χ2n) is 1.87. The lowest BCUT2D eigenvalue weighted by Gasteiger charge is -1.86. The Morgan fingerprint density at radius 1 is 1.80 bits per heavy atom. The van der Waals surface area contributed by atoms with Crippen molar-refractivity contribution in [2.24, 2.45) is 0 Å². The number of rotatable bonds is 3. The zero-order valence-corrected chi connectivity index (χ0v) is 6.86. The van der Waals surface area contributed by atoms with E-state index < -0.39 is 0 Å². The SMILES string of the molecule is CNCc1cc(SC)on1. The fourth-order valence-corrected chi connectivity index (χ4v) is 1.02. The summed E-state index contributed by atoms with van der Waals surface area (Å²) >= 11 is 1.56. The average Bonchev–Trinajstić information content (AvgIpc) is 2.37. The molecule has 1 heterocycles. The fraction of sp³-hybridized carbons (Fsp3) is 0.500. The summed E-state index contributed by atoms with van der Waals surface area (Å²) in [7, 11) is 1.88. The molecule has 4 heteroatoms. The van der Waals surface area contributed by atoms with Crippen LogP contribution in [0.15, 0.2) is 15.7 Å². The van der Waals surface area contributed by atoms with Gasteiger partial charge in [0.2, 0.25) is 0 Å². The Bertz CT molecular complexity index is 199. The first-order valence-electron chi connectivity index (χ1n) is 3.01. The highest BCUT2D eigenvalue weighted by Crippen LogP contribution is 2.14. The van der Waals surface area contributed by atoms with Gasteiger partial charge in [-0.15, -0.1) is 0 Å². The van der Waals surface area contributed by atoms with Gasteiger partial charge in [-0.25, -0.2) is 0 Å². The van der Waals surface area contributed by atoms with Crippen LogP contribution in [0.4, 0.5) is 0 Å². The maximum absolute atomic E-state index is 4.94. The molecule has 1 N–H and O–H groups in total. The van der Waals surface area contributed by atoms with Crippen molar-refractivity contribution in [2.75, 3.05) is 13.3 Å². The molecule has 0 aromatic carbocycles. The quantitative estimate of drug-likeness (QED) is 0.669. The highest BCUT2D eigenvalue weighted by Gasteiger charge is 1.99. The van der Waals surface area contributed by atoms with E-state index in [4.69, 9.17) is 4.52 Å². The molecule has 56 valence electrons. The van der Waals surface area contributed by atoms with Crippen LogP contribution in [0.2, 0.25) is 0 Å². The monoisotopic (exact) mass is 158 g/mol. The van der Waals surface area contributed by atoms with Crippen molar-refractivity contribution >= 4 is 11.8 Å². The van der Waals surface area contributed by atoms with Gasteiger partial charge in [-0.1, -0.05) is 16.9 Å². The van der Waals surface area contributed by atoms with E-state index in [0.29, 0.717) is 0 Å². The number of hydrogen-bond acceptors (Lipinski definition) is 4. The topological polar surface area (TPSA) is 38.1 Å². The first-order valence-corrected chi connectivity index (χ1v) is 4.23. The van der Waals surface area contributed by atoms with Gasteiger partial charge in [0.15, 0.2) is 5.09 Å². The van der Waals surface area contributed by atoms with Crippen molar-refractivity contribution in [1.29, 1.82) is 0 Å². The Morgan fingerprint density at radius 3 is 3.10 bits per heavy atom. The molecule has 0 saturated carbocycles. The molecular weight excluding hydrogens is 148 g/mol. The summed E-state index contributed by atoms with van der Waals surface area (Å²) in [4.78, 5) is 0. The van der Waals surface area contributed by atoms with Crippen LogP contribution in [0, 0.1) is 0 Å². The third-order valence-electron chi connectivity index (χ3n) is 1.10. The second-order valence-corrected chi connectivity index (χ2v) is 2.68. The molecule has 0 bridgehead atoms. The van der Waals surface area contributed by atoms with Gasteiger partial charge in [0.05, 0.1) is 5.69 Å². The molecular formula is C6H10N2OS. The number of thioether (sulfide) groups is 1. The van der Waals surface area contributed by atoms with Crippen molar-refractivity contribution in [3.05, 3.63) is 11.8 Å². The molecule has 0 aliphatic carbocycles. The lowest BCUT2D eigenvalue weighted by molar-refractivity contribution is 0.344. The third-order valence-corrected chi connectivity index (χ3v) is 1.69. The zero-order valence-electron chi connectivity index (χ0n) is 6.05. The maximum Gasteiger partial charge on any atom is 0.193 e. The second kappa shape index (κ2) is 3.63. The Balaban J connectivity index is 2.59. The molecule has 1 rings (SSSR count). The number of nitrogens with zero attached hydrogens (tertiary/aromatic N) is 1. The van der Waals surface area contributed by atoms with Gasteiger partial charge < -0.3 is 9.84 Å². The molecule has 0 unspecified atom stereocenters. The smallest absolute Gasteiger partial charge is 0.193 e. The molecule has 3 nitrogen and oxygen atoms in total. The summed E-state index contributed by atoms with van der Waals surface area (Å²) in [5.74, 6) is 0. The van der Waals surface area contributed by atoms with Gasteiger partial charge in [0, 0.05) is 12.6 Å². The molecule has 0 spiro atoms. The third kappa shape index (κ3) is 1.75. The van der Waals surface area contributed by atoms with Gasteiger partial charge in [-0.3, -0.25) is 0 Å². The summed E-state index contributed by atoms with van der Waals surface area (Å²) < 4.78 is 4.94. The molecule has 0 atom stereocenters. The predicted octanol–water partition coefficient (Wildman–Crippen LogP) is 1.12. The minimum atomic E-state index is 0.768. The van der Waals surface area contributed by atoms with E-state index >= 15 is 0 Å². The lowest BCUT2D eigenvalue weighted by Crippen LogP contribution is -2.04. The van der Waals surface area contributed by atoms with E-state index in [1.807, 2.05) is 19.4 Å². The fourth-order valence-electron chi connectivity index (χ4n) is 0.653. The van der Waals surface area contributed by atoms with E-state index in [0.717, 1.165) is 17.3 Å². The Labute approximate surface area is 64.2 Å². The van der Waals surface area contributed by atoms with E-state index in [1.54, 1.807) is 11.8 Å². The number of nitrogens with one attached hydrogen (secondary N) is 1. The molecule has 0 aliphatic heterocycles. The van der Waals surface area contributed by atoms with Gasteiger partial charge in [0.25, 0.3) is 0 Å². The molecule has 10 heavy (non-hydrogen) atoms. The largest absolute Gasteiger partial charge is 0.350 e. The summed E-state index contributed by atoms with van der Waals surface area (Å²) in [6.45, 7) is 0.768. The minimum absolute atomic E-state index is 0.768.